The second-order valence-electron chi connectivity index (χ2n) is 22.0. The van der Waals surface area contributed by atoms with Crippen LogP contribution >= 0.6 is 0 Å². The number of benzene rings is 7. The third-order valence-electron chi connectivity index (χ3n) is 19.5. The van der Waals surface area contributed by atoms with Crippen molar-refractivity contribution in [3.8, 4) is 0 Å². The summed E-state index contributed by atoms with van der Waals surface area (Å²) in [5.41, 5.74) is 0. The number of hydrogen-bond donors (Lipinski definition) is 0. The molecule has 0 bridgehead atoms. The van der Waals surface area contributed by atoms with E-state index in [2.05, 4.69) is 109 Å². The molecule has 7 saturated carbocycles. The van der Waals surface area contributed by atoms with Crippen molar-refractivity contribution in [2.24, 2.45) is 71.0 Å². The van der Waals surface area contributed by atoms with Gasteiger partial charge in [-0.3, -0.25) is 0 Å². The van der Waals surface area contributed by atoms with Crippen molar-refractivity contribution in [3.63, 3.8) is 0 Å². The quantitative estimate of drug-likeness (QED) is 0.105. The van der Waals surface area contributed by atoms with Crippen LogP contribution in [0.3, 0.4) is 0 Å². The monoisotopic (exact) mass is 967 g/mol. The fourth-order valence-electron chi connectivity index (χ4n) is 16.9. The standard InChI is InChI=1S/C30H48.C30H18.6C2H6/c2*1-2-8-20-14-24-18-30-28(17-23(24)13-19(20)7-1)26-12-6-5-11-25(26)27-15-21-9-3-4-10-22(21)16-29(27)30;6*1-2/h19-30H,1-18H2;1-18H;6*1-2H3/t19-,20+,21?,22-,23-,24+,25+,26+,27+,28-,29?,30-;;;;;;;/m1......./s1. The lowest BCUT2D eigenvalue weighted by molar-refractivity contribution is -0.133. The summed E-state index contributed by atoms with van der Waals surface area (Å²) in [5.74, 6) is 13.9. The molecule has 7 aromatic rings. The third-order valence-corrected chi connectivity index (χ3v) is 19.5. The summed E-state index contributed by atoms with van der Waals surface area (Å²) in [6.45, 7) is 24.0. The van der Waals surface area contributed by atoms with Crippen molar-refractivity contribution >= 4 is 64.6 Å². The molecule has 0 amide bonds. The maximum atomic E-state index is 2.39. The van der Waals surface area contributed by atoms with Crippen molar-refractivity contribution < 1.29 is 0 Å². The van der Waals surface area contributed by atoms with E-state index in [1.807, 2.05) is 83.1 Å². The first-order valence-corrected chi connectivity index (χ1v) is 31.3. The Morgan fingerprint density at radius 1 is 0.222 bits per heavy atom. The molecule has 0 heterocycles. The first kappa shape index (κ1) is 55.8. The fraction of sp³-hybridized carbons (Fsp3) is 0.583. The molecule has 0 heteroatoms. The normalized spacial score (nSPS) is 29.5. The predicted octanol–water partition coefficient (Wildman–Crippen LogP) is 23.3. The van der Waals surface area contributed by atoms with E-state index in [0.717, 1.165) is 53.3 Å². The molecule has 7 aliphatic carbocycles. The van der Waals surface area contributed by atoms with Gasteiger partial charge in [0, 0.05) is 0 Å². The van der Waals surface area contributed by atoms with Crippen LogP contribution in [-0.2, 0) is 0 Å². The zero-order valence-corrected chi connectivity index (χ0v) is 48.0. The smallest absolute Gasteiger partial charge is 0.00923 e. The Morgan fingerprint density at radius 3 is 0.833 bits per heavy atom. The first-order chi connectivity index (χ1) is 35.7. The van der Waals surface area contributed by atoms with E-state index in [1.54, 1.807) is 116 Å². The van der Waals surface area contributed by atoms with Gasteiger partial charge in [0.05, 0.1) is 0 Å². The Balaban J connectivity index is 0.000000175. The topological polar surface area (TPSA) is 0 Å². The molecule has 7 aromatic carbocycles. The molecule has 0 aromatic heterocycles. The van der Waals surface area contributed by atoms with E-state index in [9.17, 15) is 0 Å². The average molecular weight is 968 g/mol. The van der Waals surface area contributed by atoms with Gasteiger partial charge in [0.15, 0.2) is 0 Å². The summed E-state index contributed by atoms with van der Waals surface area (Å²) in [7, 11) is 0. The molecule has 0 nitrogen and oxygen atoms in total. The van der Waals surface area contributed by atoms with Gasteiger partial charge in [-0.2, -0.15) is 0 Å². The molecule has 14 rings (SSSR count). The highest BCUT2D eigenvalue weighted by Gasteiger charge is 2.57. The number of fused-ring (bicyclic) bond motifs is 18. The largest absolute Gasteiger partial charge is 0.0683 e. The Kier molecular flexibility index (Phi) is 21.0. The molecule has 0 radical (unpaired) electrons. The van der Waals surface area contributed by atoms with Crippen LogP contribution < -0.4 is 0 Å². The van der Waals surface area contributed by atoms with Crippen LogP contribution in [0.25, 0.3) is 64.6 Å². The van der Waals surface area contributed by atoms with Gasteiger partial charge in [-0.1, -0.05) is 220 Å². The van der Waals surface area contributed by atoms with Gasteiger partial charge < -0.3 is 0 Å². The molecule has 2 unspecified atom stereocenters. The van der Waals surface area contributed by atoms with Crippen LogP contribution in [0.15, 0.2) is 109 Å². The van der Waals surface area contributed by atoms with E-state index in [4.69, 9.17) is 0 Å². The van der Waals surface area contributed by atoms with E-state index in [-0.39, 0.29) is 0 Å². The van der Waals surface area contributed by atoms with Crippen molar-refractivity contribution in [2.45, 2.75) is 199 Å². The minimum Gasteiger partial charge on any atom is -0.0683 e. The Labute approximate surface area is 441 Å². The van der Waals surface area contributed by atoms with Gasteiger partial charge in [-0.05, 0) is 223 Å². The van der Waals surface area contributed by atoms with Crippen LogP contribution in [0.1, 0.15) is 199 Å². The lowest BCUT2D eigenvalue weighted by atomic mass is 9.43. The molecule has 7 aliphatic rings. The predicted molar refractivity (Wildman–Crippen MR) is 325 cm³/mol. The third kappa shape index (κ3) is 11.2. The van der Waals surface area contributed by atoms with E-state index >= 15 is 0 Å². The SMILES string of the molecule is C1CC[C@@H]2CC3[C@@H](CC2C1)[C@H]1CCCC[C@@H]1[C@H]1C[C@H]2C[C@H]4CCCC[C@H]4C[C@H]2C[C@@H]31.CC.CC.CC.CC.CC.CC.c1ccc2cc3cc4c(cc3cc2c1)c1ccccc1c1cc2ccccc2cc14. The molecular formula is C72H102. The minimum absolute atomic E-state index is 1.15. The second kappa shape index (κ2) is 27.1. The van der Waals surface area contributed by atoms with Gasteiger partial charge in [-0.25, -0.2) is 0 Å². The molecule has 0 spiro atoms. The molecular weight excluding hydrogens is 865 g/mol. The second-order valence-corrected chi connectivity index (χ2v) is 22.0. The molecule has 390 valence electrons. The van der Waals surface area contributed by atoms with Crippen molar-refractivity contribution in [3.05, 3.63) is 109 Å². The molecule has 0 aliphatic heterocycles. The Morgan fingerprint density at radius 2 is 0.472 bits per heavy atom. The average Bonchev–Trinajstić information content (AvgIpc) is 3.47. The number of hydrogen-bond acceptors (Lipinski definition) is 0. The van der Waals surface area contributed by atoms with Crippen LogP contribution in [0, 0.1) is 71.0 Å². The molecule has 0 saturated heterocycles. The van der Waals surface area contributed by atoms with Gasteiger partial charge in [0.25, 0.3) is 0 Å². The zero-order valence-electron chi connectivity index (χ0n) is 48.0. The van der Waals surface area contributed by atoms with Crippen LogP contribution in [-0.4, -0.2) is 0 Å². The van der Waals surface area contributed by atoms with Gasteiger partial charge in [0.1, 0.15) is 0 Å². The maximum absolute atomic E-state index is 2.39. The van der Waals surface area contributed by atoms with Crippen molar-refractivity contribution in [2.75, 3.05) is 0 Å². The van der Waals surface area contributed by atoms with Crippen LogP contribution in [0.5, 0.6) is 0 Å². The molecule has 0 N–H and O–H groups in total. The van der Waals surface area contributed by atoms with Crippen LogP contribution in [0.4, 0.5) is 0 Å². The molecule has 12 atom stereocenters. The summed E-state index contributed by atoms with van der Waals surface area (Å²) in [4.78, 5) is 0. The summed E-state index contributed by atoms with van der Waals surface area (Å²) in [6.07, 6.45) is 29.1. The van der Waals surface area contributed by atoms with Crippen molar-refractivity contribution in [1.29, 1.82) is 0 Å². The summed E-state index contributed by atoms with van der Waals surface area (Å²) < 4.78 is 0. The first-order valence-electron chi connectivity index (χ1n) is 31.3. The van der Waals surface area contributed by atoms with Crippen molar-refractivity contribution in [1.82, 2.24) is 0 Å². The lowest BCUT2D eigenvalue weighted by Gasteiger charge is -2.62. The number of rotatable bonds is 0. The highest BCUT2D eigenvalue weighted by Crippen LogP contribution is 2.65. The summed E-state index contributed by atoms with van der Waals surface area (Å²) >= 11 is 0. The highest BCUT2D eigenvalue weighted by atomic mass is 14.6. The van der Waals surface area contributed by atoms with E-state index in [0.29, 0.717) is 0 Å². The Hall–Kier alpha value is -3.90. The zero-order chi connectivity index (χ0) is 51.3. The van der Waals surface area contributed by atoms with Gasteiger partial charge in [0.2, 0.25) is 0 Å². The lowest BCUT2D eigenvalue weighted by Crippen LogP contribution is -2.55. The van der Waals surface area contributed by atoms with E-state index < -0.39 is 0 Å². The maximum Gasteiger partial charge on any atom is -0.00923 e. The van der Waals surface area contributed by atoms with Gasteiger partial charge >= 0.3 is 0 Å². The minimum atomic E-state index is 1.15. The highest BCUT2D eigenvalue weighted by molar-refractivity contribution is 6.29. The molecule has 7 fully saturated rings. The molecule has 72 heavy (non-hydrogen) atoms. The fourth-order valence-corrected chi connectivity index (χ4v) is 16.9. The van der Waals surface area contributed by atoms with Gasteiger partial charge in [-0.15, -0.1) is 0 Å². The summed E-state index contributed by atoms with van der Waals surface area (Å²) in [5, 5.41) is 15.7. The summed E-state index contributed by atoms with van der Waals surface area (Å²) in [6, 6.07) is 40.3. The van der Waals surface area contributed by atoms with Crippen LogP contribution in [0.2, 0.25) is 0 Å². The Bertz CT molecular complexity index is 2740. The van der Waals surface area contributed by atoms with E-state index in [1.165, 1.54) is 82.4 Å².